The molecule has 0 saturated heterocycles. The van der Waals surface area contributed by atoms with E-state index in [9.17, 15) is 4.39 Å². The molecule has 5 heteroatoms. The van der Waals surface area contributed by atoms with Crippen LogP contribution in [0.1, 0.15) is 18.9 Å². The highest BCUT2D eigenvalue weighted by Crippen LogP contribution is 2.41. The van der Waals surface area contributed by atoms with Crippen LogP contribution in [0.5, 0.6) is 0 Å². The fraction of sp³-hybridized carbons (Fsp3) is 0.214. The highest BCUT2D eigenvalue weighted by atomic mass is 19.1. The van der Waals surface area contributed by atoms with Gasteiger partial charge in [-0.3, -0.25) is 0 Å². The number of imidazole rings is 1. The molecule has 0 atom stereocenters. The Labute approximate surface area is 108 Å². The quantitative estimate of drug-likeness (QED) is 0.706. The third-order valence-electron chi connectivity index (χ3n) is 3.41. The summed E-state index contributed by atoms with van der Waals surface area (Å²) in [6, 6.07) is 7.03. The van der Waals surface area contributed by atoms with Gasteiger partial charge in [0, 0.05) is 11.6 Å². The summed E-state index contributed by atoms with van der Waals surface area (Å²) in [7, 11) is 0. The van der Waals surface area contributed by atoms with E-state index in [-0.39, 0.29) is 5.82 Å². The van der Waals surface area contributed by atoms with Crippen molar-refractivity contribution in [2.45, 2.75) is 18.9 Å². The van der Waals surface area contributed by atoms with Crippen molar-refractivity contribution >= 4 is 11.0 Å². The minimum absolute atomic E-state index is 0.228. The Bertz CT molecular complexity index is 747. The van der Waals surface area contributed by atoms with Gasteiger partial charge in [0.2, 0.25) is 0 Å². The minimum atomic E-state index is -0.228. The first-order valence-electron chi connectivity index (χ1n) is 6.27. The highest BCUT2D eigenvalue weighted by Gasteiger charge is 2.28. The van der Waals surface area contributed by atoms with Crippen molar-refractivity contribution < 1.29 is 4.39 Å². The molecule has 0 aliphatic heterocycles. The van der Waals surface area contributed by atoms with Crippen molar-refractivity contribution in [1.29, 1.82) is 0 Å². The Morgan fingerprint density at radius 3 is 2.79 bits per heavy atom. The number of nitrogens with zero attached hydrogens (tertiary/aromatic N) is 4. The molecule has 94 valence electrons. The third-order valence-corrected chi connectivity index (χ3v) is 3.41. The van der Waals surface area contributed by atoms with E-state index < -0.39 is 0 Å². The summed E-state index contributed by atoms with van der Waals surface area (Å²) in [5, 5.41) is 7.67. The van der Waals surface area contributed by atoms with Crippen LogP contribution >= 0.6 is 0 Å². The van der Waals surface area contributed by atoms with Crippen molar-refractivity contribution in [3.05, 3.63) is 42.5 Å². The predicted octanol–water partition coefficient (Wildman–Crippen LogP) is 2.97. The summed E-state index contributed by atoms with van der Waals surface area (Å²) in [4.78, 5) is 4.61. The lowest BCUT2D eigenvalue weighted by atomic mass is 10.3. The van der Waals surface area contributed by atoms with Gasteiger partial charge in [0.15, 0.2) is 0 Å². The Morgan fingerprint density at radius 1 is 1.16 bits per heavy atom. The molecular formula is C14H11FN4. The van der Waals surface area contributed by atoms with E-state index in [1.54, 1.807) is 24.5 Å². The van der Waals surface area contributed by atoms with Crippen LogP contribution in [-0.2, 0) is 0 Å². The second kappa shape index (κ2) is 3.85. The zero-order chi connectivity index (χ0) is 12.8. The maximum Gasteiger partial charge on any atom is 0.143 e. The van der Waals surface area contributed by atoms with E-state index in [2.05, 4.69) is 19.7 Å². The van der Waals surface area contributed by atoms with Crippen molar-refractivity contribution in [2.75, 3.05) is 0 Å². The molecule has 4 rings (SSSR count). The van der Waals surface area contributed by atoms with Crippen molar-refractivity contribution in [3.63, 3.8) is 0 Å². The van der Waals surface area contributed by atoms with Gasteiger partial charge >= 0.3 is 0 Å². The topological polar surface area (TPSA) is 43.6 Å². The molecule has 4 nitrogen and oxygen atoms in total. The lowest BCUT2D eigenvalue weighted by Gasteiger charge is -2.06. The molecule has 1 saturated carbocycles. The molecule has 3 aromatic rings. The van der Waals surface area contributed by atoms with Crippen LogP contribution in [-0.4, -0.2) is 19.7 Å². The van der Waals surface area contributed by atoms with E-state index in [4.69, 9.17) is 0 Å². The number of aromatic nitrogens is 4. The van der Waals surface area contributed by atoms with E-state index in [1.165, 1.54) is 6.07 Å². The zero-order valence-corrected chi connectivity index (χ0v) is 10.1. The lowest BCUT2D eigenvalue weighted by molar-refractivity contribution is 0.628. The summed E-state index contributed by atoms with van der Waals surface area (Å²) >= 11 is 0. The minimum Gasteiger partial charge on any atom is -0.321 e. The molecule has 0 amide bonds. The third kappa shape index (κ3) is 1.69. The van der Waals surface area contributed by atoms with Gasteiger partial charge in [0.25, 0.3) is 0 Å². The van der Waals surface area contributed by atoms with Crippen LogP contribution < -0.4 is 0 Å². The van der Waals surface area contributed by atoms with E-state index in [0.717, 1.165) is 35.3 Å². The molecular weight excluding hydrogens is 243 g/mol. The number of halogens is 1. The van der Waals surface area contributed by atoms with Crippen molar-refractivity contribution in [1.82, 2.24) is 19.7 Å². The summed E-state index contributed by atoms with van der Waals surface area (Å²) in [6.07, 6.45) is 5.57. The van der Waals surface area contributed by atoms with E-state index in [0.29, 0.717) is 6.04 Å². The lowest BCUT2D eigenvalue weighted by Crippen LogP contribution is -1.98. The Kier molecular flexibility index (Phi) is 2.15. The van der Waals surface area contributed by atoms with Crippen LogP contribution in [0.4, 0.5) is 4.39 Å². The summed E-state index contributed by atoms with van der Waals surface area (Å²) < 4.78 is 15.6. The molecule has 2 aromatic heterocycles. The molecule has 0 unspecified atom stereocenters. The van der Waals surface area contributed by atoms with Gasteiger partial charge in [-0.25, -0.2) is 9.37 Å². The number of fused-ring (bicyclic) bond motifs is 1. The van der Waals surface area contributed by atoms with E-state index >= 15 is 0 Å². The molecule has 0 N–H and O–H groups in total. The molecule has 0 spiro atoms. The first-order chi connectivity index (χ1) is 9.33. The van der Waals surface area contributed by atoms with Crippen LogP contribution in [0.25, 0.3) is 22.4 Å². The Hall–Kier alpha value is -2.30. The Morgan fingerprint density at radius 2 is 2.05 bits per heavy atom. The van der Waals surface area contributed by atoms with Crippen molar-refractivity contribution in [3.8, 4) is 11.4 Å². The van der Waals surface area contributed by atoms with Gasteiger partial charge in [-0.15, -0.1) is 0 Å². The first kappa shape index (κ1) is 10.6. The largest absolute Gasteiger partial charge is 0.321 e. The van der Waals surface area contributed by atoms with Gasteiger partial charge in [0.1, 0.15) is 11.6 Å². The molecule has 0 radical (unpaired) electrons. The molecule has 1 fully saturated rings. The van der Waals surface area contributed by atoms with Crippen LogP contribution in [0.3, 0.4) is 0 Å². The first-order valence-corrected chi connectivity index (χ1v) is 6.27. The predicted molar refractivity (Wildman–Crippen MR) is 69.0 cm³/mol. The molecule has 1 aliphatic rings. The number of benzene rings is 1. The molecule has 1 aliphatic carbocycles. The zero-order valence-electron chi connectivity index (χ0n) is 10.1. The number of hydrogen-bond donors (Lipinski definition) is 0. The SMILES string of the molecule is Fc1ccc2nc(-c3ccnnc3)n(C3CC3)c2c1. The second-order valence-electron chi connectivity index (χ2n) is 4.80. The van der Waals surface area contributed by atoms with Gasteiger partial charge in [0.05, 0.1) is 23.4 Å². The average Bonchev–Trinajstić information content (AvgIpc) is 3.21. The Balaban J connectivity index is 2.02. The monoisotopic (exact) mass is 254 g/mol. The van der Waals surface area contributed by atoms with Gasteiger partial charge in [-0.1, -0.05) is 0 Å². The van der Waals surface area contributed by atoms with E-state index in [1.807, 2.05) is 6.07 Å². The summed E-state index contributed by atoms with van der Waals surface area (Å²) in [5.74, 6) is 0.617. The maximum absolute atomic E-state index is 13.4. The van der Waals surface area contributed by atoms with Crippen LogP contribution in [0, 0.1) is 5.82 Å². The highest BCUT2D eigenvalue weighted by molar-refractivity contribution is 5.81. The maximum atomic E-state index is 13.4. The van der Waals surface area contributed by atoms with Gasteiger partial charge in [-0.2, -0.15) is 10.2 Å². The fourth-order valence-corrected chi connectivity index (χ4v) is 2.40. The number of rotatable bonds is 2. The van der Waals surface area contributed by atoms with Gasteiger partial charge < -0.3 is 4.57 Å². The summed E-state index contributed by atoms with van der Waals surface area (Å²) in [6.45, 7) is 0. The normalized spacial score (nSPS) is 15.0. The molecule has 1 aromatic carbocycles. The standard InChI is InChI=1S/C14H11FN4/c15-10-1-4-12-13(7-10)19(11-2-3-11)14(18-12)9-5-6-16-17-8-9/h1,4-8,11H,2-3H2. The smallest absolute Gasteiger partial charge is 0.143 e. The molecule has 19 heavy (non-hydrogen) atoms. The number of hydrogen-bond acceptors (Lipinski definition) is 3. The average molecular weight is 254 g/mol. The molecule has 0 bridgehead atoms. The van der Waals surface area contributed by atoms with Gasteiger partial charge in [-0.05, 0) is 37.1 Å². The molecule has 2 heterocycles. The van der Waals surface area contributed by atoms with Crippen molar-refractivity contribution in [2.24, 2.45) is 0 Å². The summed E-state index contributed by atoms with van der Waals surface area (Å²) in [5.41, 5.74) is 2.59. The van der Waals surface area contributed by atoms with Crippen LogP contribution in [0.15, 0.2) is 36.7 Å². The van der Waals surface area contributed by atoms with Crippen LogP contribution in [0.2, 0.25) is 0 Å². The fourth-order valence-electron chi connectivity index (χ4n) is 2.40. The second-order valence-corrected chi connectivity index (χ2v) is 4.80.